The summed E-state index contributed by atoms with van der Waals surface area (Å²) in [7, 11) is 2.24. The van der Waals surface area contributed by atoms with Gasteiger partial charge in [-0.25, -0.2) is 0 Å². The highest BCUT2D eigenvalue weighted by molar-refractivity contribution is 4.88. The molecule has 0 atom stereocenters. The lowest BCUT2D eigenvalue weighted by atomic mass is 10.00. The third-order valence-electron chi connectivity index (χ3n) is 4.76. The van der Waals surface area contributed by atoms with Crippen LogP contribution in [0.5, 0.6) is 0 Å². The number of rotatable bonds is 3. The maximum absolute atomic E-state index is 5.94. The number of nitrogens with zero attached hydrogens (tertiary/aromatic N) is 3. The number of nitrogens with two attached hydrogens (primary N) is 1. The SMILES string of the molecule is CN1CCN(CCN2CCC(N)CC2)CC1(C)C. The van der Waals surface area contributed by atoms with Crippen molar-refractivity contribution in [3.05, 3.63) is 0 Å². The number of piperidine rings is 1. The lowest BCUT2D eigenvalue weighted by Gasteiger charge is -2.46. The van der Waals surface area contributed by atoms with E-state index in [2.05, 4.69) is 35.6 Å². The van der Waals surface area contributed by atoms with Crippen LogP contribution in [0.25, 0.3) is 0 Å². The van der Waals surface area contributed by atoms with Gasteiger partial charge in [0, 0.05) is 44.3 Å². The van der Waals surface area contributed by atoms with E-state index in [9.17, 15) is 0 Å². The highest BCUT2D eigenvalue weighted by atomic mass is 15.3. The van der Waals surface area contributed by atoms with Crippen molar-refractivity contribution in [3.8, 4) is 0 Å². The Balaban J connectivity index is 1.71. The van der Waals surface area contributed by atoms with Gasteiger partial charge in [-0.05, 0) is 46.8 Å². The monoisotopic (exact) mass is 254 g/mol. The van der Waals surface area contributed by atoms with E-state index in [1.807, 2.05) is 0 Å². The summed E-state index contributed by atoms with van der Waals surface area (Å²) in [5, 5.41) is 0. The largest absolute Gasteiger partial charge is 0.328 e. The van der Waals surface area contributed by atoms with Gasteiger partial charge in [-0.2, -0.15) is 0 Å². The highest BCUT2D eigenvalue weighted by Gasteiger charge is 2.30. The molecule has 4 heteroatoms. The number of hydrogen-bond donors (Lipinski definition) is 1. The Bertz CT molecular complexity index is 259. The Labute approximate surface area is 112 Å². The first-order valence-electron chi connectivity index (χ1n) is 7.39. The van der Waals surface area contributed by atoms with Crippen molar-refractivity contribution < 1.29 is 0 Å². The van der Waals surface area contributed by atoms with E-state index in [1.165, 1.54) is 58.7 Å². The molecule has 18 heavy (non-hydrogen) atoms. The molecule has 0 aromatic carbocycles. The second-order valence-corrected chi connectivity index (χ2v) is 6.69. The summed E-state index contributed by atoms with van der Waals surface area (Å²) in [5.41, 5.74) is 6.27. The van der Waals surface area contributed by atoms with Gasteiger partial charge in [0.15, 0.2) is 0 Å². The molecule has 0 spiro atoms. The van der Waals surface area contributed by atoms with Crippen LogP contribution in [-0.2, 0) is 0 Å². The number of likely N-dealkylation sites (N-methyl/N-ethyl adjacent to an activating group) is 1. The van der Waals surface area contributed by atoms with Crippen LogP contribution in [-0.4, -0.2) is 79.1 Å². The van der Waals surface area contributed by atoms with E-state index < -0.39 is 0 Å². The van der Waals surface area contributed by atoms with Crippen molar-refractivity contribution in [2.75, 3.05) is 52.9 Å². The van der Waals surface area contributed by atoms with E-state index in [-0.39, 0.29) is 0 Å². The van der Waals surface area contributed by atoms with E-state index in [0.717, 1.165) is 0 Å². The third-order valence-corrected chi connectivity index (χ3v) is 4.76. The van der Waals surface area contributed by atoms with Gasteiger partial charge in [-0.1, -0.05) is 0 Å². The van der Waals surface area contributed by atoms with E-state index >= 15 is 0 Å². The fraction of sp³-hybridized carbons (Fsp3) is 1.00. The molecule has 2 rings (SSSR count). The summed E-state index contributed by atoms with van der Waals surface area (Å²) in [6, 6.07) is 0.448. The standard InChI is InChI=1S/C14H30N4/c1-14(2)12-18(9-8-16(14)3)11-10-17-6-4-13(15)5-7-17/h13H,4-12,15H2,1-3H3. The molecule has 0 radical (unpaired) electrons. The zero-order valence-electron chi connectivity index (χ0n) is 12.4. The fourth-order valence-electron chi connectivity index (χ4n) is 2.99. The summed E-state index contributed by atoms with van der Waals surface area (Å²) in [5.74, 6) is 0. The Morgan fingerprint density at radius 1 is 1.00 bits per heavy atom. The molecule has 2 saturated heterocycles. The molecule has 2 heterocycles. The third kappa shape index (κ3) is 3.67. The van der Waals surface area contributed by atoms with Crippen molar-refractivity contribution in [2.24, 2.45) is 5.73 Å². The van der Waals surface area contributed by atoms with Crippen molar-refractivity contribution >= 4 is 0 Å². The topological polar surface area (TPSA) is 35.7 Å². The smallest absolute Gasteiger partial charge is 0.0277 e. The van der Waals surface area contributed by atoms with Crippen LogP contribution < -0.4 is 5.73 Å². The van der Waals surface area contributed by atoms with Crippen molar-refractivity contribution in [1.29, 1.82) is 0 Å². The molecular formula is C14H30N4. The molecule has 2 N–H and O–H groups in total. The van der Waals surface area contributed by atoms with Gasteiger partial charge in [0.25, 0.3) is 0 Å². The average Bonchev–Trinajstić information content (AvgIpc) is 2.32. The van der Waals surface area contributed by atoms with Gasteiger partial charge in [-0.15, -0.1) is 0 Å². The molecule has 2 aliphatic heterocycles. The highest BCUT2D eigenvalue weighted by Crippen LogP contribution is 2.18. The van der Waals surface area contributed by atoms with Crippen molar-refractivity contribution in [2.45, 2.75) is 38.3 Å². The minimum Gasteiger partial charge on any atom is -0.328 e. The van der Waals surface area contributed by atoms with Gasteiger partial charge in [0.2, 0.25) is 0 Å². The van der Waals surface area contributed by atoms with Gasteiger partial charge < -0.3 is 10.6 Å². The summed E-state index contributed by atoms with van der Waals surface area (Å²) in [6.45, 7) is 13.1. The van der Waals surface area contributed by atoms with E-state index in [1.54, 1.807) is 0 Å². The molecular weight excluding hydrogens is 224 g/mol. The minimum atomic E-state index is 0.322. The molecule has 0 aromatic heterocycles. The lowest BCUT2D eigenvalue weighted by Crippen LogP contribution is -2.58. The first-order chi connectivity index (χ1) is 8.47. The molecule has 0 amide bonds. The zero-order valence-corrected chi connectivity index (χ0v) is 12.4. The molecule has 0 aromatic rings. The van der Waals surface area contributed by atoms with Crippen LogP contribution in [0, 0.1) is 0 Å². The fourth-order valence-corrected chi connectivity index (χ4v) is 2.99. The van der Waals surface area contributed by atoms with Crippen molar-refractivity contribution in [3.63, 3.8) is 0 Å². The summed E-state index contributed by atoms with van der Waals surface area (Å²) >= 11 is 0. The zero-order chi connectivity index (χ0) is 13.2. The lowest BCUT2D eigenvalue weighted by molar-refractivity contribution is 0.0336. The molecule has 2 aliphatic rings. The van der Waals surface area contributed by atoms with Crippen LogP contribution >= 0.6 is 0 Å². The van der Waals surface area contributed by atoms with Crippen LogP contribution in [0.1, 0.15) is 26.7 Å². The quantitative estimate of drug-likeness (QED) is 0.792. The maximum atomic E-state index is 5.94. The van der Waals surface area contributed by atoms with Gasteiger partial charge >= 0.3 is 0 Å². The molecule has 4 nitrogen and oxygen atoms in total. The number of likely N-dealkylation sites (tertiary alicyclic amines) is 1. The first-order valence-corrected chi connectivity index (χ1v) is 7.39. The molecule has 2 fully saturated rings. The molecule has 0 unspecified atom stereocenters. The summed E-state index contributed by atoms with van der Waals surface area (Å²) in [4.78, 5) is 7.67. The predicted molar refractivity (Wildman–Crippen MR) is 76.8 cm³/mol. The molecule has 106 valence electrons. The van der Waals surface area contributed by atoms with E-state index in [0.29, 0.717) is 11.6 Å². The Hall–Kier alpha value is -0.160. The Kier molecular flexibility index (Phi) is 4.64. The predicted octanol–water partition coefficient (Wildman–Crippen LogP) is 0.436. The van der Waals surface area contributed by atoms with Gasteiger partial charge in [0.1, 0.15) is 0 Å². The molecule has 0 saturated carbocycles. The Morgan fingerprint density at radius 2 is 1.61 bits per heavy atom. The summed E-state index contributed by atoms with van der Waals surface area (Å²) < 4.78 is 0. The number of hydrogen-bond acceptors (Lipinski definition) is 4. The molecule has 0 bridgehead atoms. The number of piperazine rings is 1. The average molecular weight is 254 g/mol. The van der Waals surface area contributed by atoms with Crippen LogP contribution in [0.15, 0.2) is 0 Å². The maximum Gasteiger partial charge on any atom is 0.0277 e. The van der Waals surface area contributed by atoms with E-state index in [4.69, 9.17) is 5.73 Å². The van der Waals surface area contributed by atoms with Crippen LogP contribution in [0.4, 0.5) is 0 Å². The second kappa shape index (κ2) is 5.87. The Morgan fingerprint density at radius 3 is 2.22 bits per heavy atom. The van der Waals surface area contributed by atoms with Crippen LogP contribution in [0.3, 0.4) is 0 Å². The van der Waals surface area contributed by atoms with Gasteiger partial charge in [0.05, 0.1) is 0 Å². The first kappa shape index (κ1) is 14.3. The van der Waals surface area contributed by atoms with Crippen molar-refractivity contribution in [1.82, 2.24) is 14.7 Å². The second-order valence-electron chi connectivity index (χ2n) is 6.69. The normalized spacial score (nSPS) is 28.7. The molecule has 0 aliphatic carbocycles. The van der Waals surface area contributed by atoms with Gasteiger partial charge in [-0.3, -0.25) is 9.80 Å². The summed E-state index contributed by atoms with van der Waals surface area (Å²) in [6.07, 6.45) is 2.35. The minimum absolute atomic E-state index is 0.322. The van der Waals surface area contributed by atoms with Crippen LogP contribution in [0.2, 0.25) is 0 Å².